The number of hydrogen-bond acceptors (Lipinski definition) is 5. The molecule has 1 aliphatic heterocycles. The standard InChI is InChI=1S/C19H22N2O4S/c1-20(19(22)15-21-11-13-26(23,24)14-12-21)16-7-9-18(10-8-16)25-17-5-3-2-4-6-17/h2-10H,11-15H2,1H3. The number of sulfone groups is 1. The molecule has 0 aromatic heterocycles. The van der Waals surface area contributed by atoms with Gasteiger partial charge in [-0.15, -0.1) is 0 Å². The van der Waals surface area contributed by atoms with Crippen LogP contribution in [0.1, 0.15) is 0 Å². The largest absolute Gasteiger partial charge is 0.457 e. The fourth-order valence-corrected chi connectivity index (χ4v) is 3.99. The molecule has 6 nitrogen and oxygen atoms in total. The molecule has 0 atom stereocenters. The predicted octanol–water partition coefficient (Wildman–Crippen LogP) is 2.17. The van der Waals surface area contributed by atoms with Gasteiger partial charge >= 0.3 is 0 Å². The third kappa shape index (κ3) is 4.83. The number of carbonyl (C=O) groups excluding carboxylic acids is 1. The summed E-state index contributed by atoms with van der Waals surface area (Å²) in [5, 5.41) is 0. The van der Waals surface area contributed by atoms with Crippen molar-refractivity contribution in [1.29, 1.82) is 0 Å². The van der Waals surface area contributed by atoms with Gasteiger partial charge in [-0.1, -0.05) is 18.2 Å². The van der Waals surface area contributed by atoms with E-state index in [0.29, 0.717) is 18.8 Å². The monoisotopic (exact) mass is 374 g/mol. The van der Waals surface area contributed by atoms with Gasteiger partial charge in [0.05, 0.1) is 18.1 Å². The fraction of sp³-hybridized carbons (Fsp3) is 0.316. The van der Waals surface area contributed by atoms with E-state index in [-0.39, 0.29) is 24.0 Å². The van der Waals surface area contributed by atoms with E-state index >= 15 is 0 Å². The maximum absolute atomic E-state index is 12.5. The van der Waals surface area contributed by atoms with Crippen molar-refractivity contribution in [2.75, 3.05) is 43.1 Å². The molecule has 138 valence electrons. The number of rotatable bonds is 5. The molecule has 0 spiro atoms. The fourth-order valence-electron chi connectivity index (χ4n) is 2.71. The first-order valence-electron chi connectivity index (χ1n) is 8.45. The van der Waals surface area contributed by atoms with Crippen molar-refractivity contribution in [2.45, 2.75) is 0 Å². The van der Waals surface area contributed by atoms with E-state index in [9.17, 15) is 13.2 Å². The Morgan fingerprint density at radius 1 is 1.00 bits per heavy atom. The van der Waals surface area contributed by atoms with Gasteiger partial charge in [0.25, 0.3) is 0 Å². The van der Waals surface area contributed by atoms with Crippen LogP contribution in [0.2, 0.25) is 0 Å². The van der Waals surface area contributed by atoms with Crippen LogP contribution in [-0.2, 0) is 14.6 Å². The highest BCUT2D eigenvalue weighted by Crippen LogP contribution is 2.24. The molecule has 0 aliphatic carbocycles. The first-order valence-corrected chi connectivity index (χ1v) is 10.3. The van der Waals surface area contributed by atoms with Gasteiger partial charge in [0.2, 0.25) is 5.91 Å². The van der Waals surface area contributed by atoms with Crippen molar-refractivity contribution in [3.63, 3.8) is 0 Å². The Labute approximate surface area is 153 Å². The molecule has 0 saturated carbocycles. The Bertz CT molecular complexity index is 837. The smallest absolute Gasteiger partial charge is 0.240 e. The van der Waals surface area contributed by atoms with Crippen LogP contribution in [0.25, 0.3) is 0 Å². The number of benzene rings is 2. The molecule has 1 fully saturated rings. The summed E-state index contributed by atoms with van der Waals surface area (Å²) in [6, 6.07) is 16.8. The van der Waals surface area contributed by atoms with Crippen molar-refractivity contribution in [2.24, 2.45) is 0 Å². The Kier molecular flexibility index (Phi) is 5.58. The first-order chi connectivity index (χ1) is 12.4. The number of amides is 1. The van der Waals surface area contributed by atoms with Crippen molar-refractivity contribution < 1.29 is 17.9 Å². The summed E-state index contributed by atoms with van der Waals surface area (Å²) in [6.45, 7) is 1.03. The van der Waals surface area contributed by atoms with Gasteiger partial charge in [0, 0.05) is 25.8 Å². The van der Waals surface area contributed by atoms with E-state index in [1.165, 1.54) is 0 Å². The lowest BCUT2D eigenvalue weighted by Crippen LogP contribution is -2.45. The van der Waals surface area contributed by atoms with Gasteiger partial charge in [-0.25, -0.2) is 8.42 Å². The van der Waals surface area contributed by atoms with Gasteiger partial charge < -0.3 is 9.64 Å². The summed E-state index contributed by atoms with van der Waals surface area (Å²) in [5.74, 6) is 1.62. The molecule has 26 heavy (non-hydrogen) atoms. The molecule has 0 bridgehead atoms. The van der Waals surface area contributed by atoms with Crippen LogP contribution in [0.5, 0.6) is 11.5 Å². The minimum Gasteiger partial charge on any atom is -0.457 e. The first kappa shape index (κ1) is 18.4. The molecular formula is C19H22N2O4S. The van der Waals surface area contributed by atoms with Crippen LogP contribution in [-0.4, -0.2) is 57.4 Å². The molecule has 0 unspecified atom stereocenters. The minimum atomic E-state index is -2.93. The summed E-state index contributed by atoms with van der Waals surface area (Å²) >= 11 is 0. The number of anilines is 1. The van der Waals surface area contributed by atoms with Gasteiger partial charge in [-0.2, -0.15) is 0 Å². The number of nitrogens with zero attached hydrogens (tertiary/aromatic N) is 2. The highest BCUT2D eigenvalue weighted by Gasteiger charge is 2.24. The Morgan fingerprint density at radius 3 is 2.19 bits per heavy atom. The quantitative estimate of drug-likeness (QED) is 0.802. The van der Waals surface area contributed by atoms with Crippen molar-refractivity contribution in [3.8, 4) is 11.5 Å². The lowest BCUT2D eigenvalue weighted by atomic mass is 10.2. The molecule has 2 aromatic carbocycles. The molecule has 3 rings (SSSR count). The van der Waals surface area contributed by atoms with Gasteiger partial charge in [-0.05, 0) is 36.4 Å². The van der Waals surface area contributed by atoms with E-state index in [1.54, 1.807) is 11.9 Å². The van der Waals surface area contributed by atoms with Crippen molar-refractivity contribution in [1.82, 2.24) is 4.90 Å². The maximum atomic E-state index is 12.5. The van der Waals surface area contributed by atoms with E-state index in [1.807, 2.05) is 59.5 Å². The summed E-state index contributed by atoms with van der Waals surface area (Å²) < 4.78 is 28.7. The molecule has 1 aliphatic rings. The van der Waals surface area contributed by atoms with E-state index in [4.69, 9.17) is 4.74 Å². The molecular weight excluding hydrogens is 352 g/mol. The second-order valence-electron chi connectivity index (χ2n) is 6.29. The van der Waals surface area contributed by atoms with Crippen LogP contribution in [0.3, 0.4) is 0 Å². The summed E-state index contributed by atoms with van der Waals surface area (Å²) in [5.41, 5.74) is 0.764. The van der Waals surface area contributed by atoms with E-state index in [0.717, 1.165) is 11.4 Å². The lowest BCUT2D eigenvalue weighted by molar-refractivity contribution is -0.119. The Morgan fingerprint density at radius 2 is 1.58 bits per heavy atom. The minimum absolute atomic E-state index is 0.0685. The molecule has 2 aromatic rings. The molecule has 7 heteroatoms. The van der Waals surface area contributed by atoms with Gasteiger partial charge in [0.1, 0.15) is 11.5 Å². The zero-order valence-corrected chi connectivity index (χ0v) is 15.5. The van der Waals surface area contributed by atoms with Crippen LogP contribution in [0.15, 0.2) is 54.6 Å². The Balaban J connectivity index is 1.57. The molecule has 1 saturated heterocycles. The van der Waals surface area contributed by atoms with E-state index < -0.39 is 9.84 Å². The van der Waals surface area contributed by atoms with Gasteiger partial charge in [-0.3, -0.25) is 9.69 Å². The number of para-hydroxylation sites is 1. The normalized spacial score (nSPS) is 16.8. The number of carbonyl (C=O) groups is 1. The molecule has 0 N–H and O–H groups in total. The average molecular weight is 374 g/mol. The molecule has 1 amide bonds. The second kappa shape index (κ2) is 7.88. The third-order valence-corrected chi connectivity index (χ3v) is 5.98. The van der Waals surface area contributed by atoms with Crippen LogP contribution < -0.4 is 9.64 Å². The summed E-state index contributed by atoms with van der Waals surface area (Å²) in [4.78, 5) is 15.9. The predicted molar refractivity (Wildman–Crippen MR) is 101 cm³/mol. The number of ether oxygens (including phenoxy) is 1. The Hall–Kier alpha value is -2.38. The summed E-state index contributed by atoms with van der Waals surface area (Å²) in [6.07, 6.45) is 0. The zero-order valence-electron chi connectivity index (χ0n) is 14.7. The van der Waals surface area contributed by atoms with Crippen LogP contribution >= 0.6 is 0 Å². The SMILES string of the molecule is CN(C(=O)CN1CCS(=O)(=O)CC1)c1ccc(Oc2ccccc2)cc1. The van der Waals surface area contributed by atoms with Crippen LogP contribution in [0, 0.1) is 0 Å². The number of likely N-dealkylation sites (N-methyl/N-ethyl adjacent to an activating group) is 1. The van der Waals surface area contributed by atoms with E-state index in [2.05, 4.69) is 0 Å². The maximum Gasteiger partial charge on any atom is 0.240 e. The third-order valence-electron chi connectivity index (χ3n) is 4.37. The van der Waals surface area contributed by atoms with Gasteiger partial charge in [0.15, 0.2) is 9.84 Å². The van der Waals surface area contributed by atoms with Crippen molar-refractivity contribution >= 4 is 21.4 Å². The van der Waals surface area contributed by atoms with Crippen LogP contribution in [0.4, 0.5) is 5.69 Å². The highest BCUT2D eigenvalue weighted by molar-refractivity contribution is 7.91. The lowest BCUT2D eigenvalue weighted by Gasteiger charge is -2.28. The topological polar surface area (TPSA) is 66.9 Å². The number of hydrogen-bond donors (Lipinski definition) is 0. The average Bonchev–Trinajstić information content (AvgIpc) is 2.64. The second-order valence-corrected chi connectivity index (χ2v) is 8.59. The molecule has 1 heterocycles. The van der Waals surface area contributed by atoms with Crippen molar-refractivity contribution in [3.05, 3.63) is 54.6 Å². The zero-order chi connectivity index (χ0) is 18.6. The molecule has 0 radical (unpaired) electrons. The summed E-state index contributed by atoms with van der Waals surface area (Å²) in [7, 11) is -1.22. The highest BCUT2D eigenvalue weighted by atomic mass is 32.2.